The van der Waals surface area contributed by atoms with Crippen molar-refractivity contribution in [3.63, 3.8) is 0 Å². The third-order valence-corrected chi connectivity index (χ3v) is 6.22. The largest absolute Gasteiger partial charge is 0.352 e. The Morgan fingerprint density at radius 1 is 1.43 bits per heavy atom. The summed E-state index contributed by atoms with van der Waals surface area (Å²) in [7, 11) is -2.27. The number of carbonyl (C=O) groups is 1. The molecule has 1 aromatic heterocycles. The van der Waals surface area contributed by atoms with Crippen molar-refractivity contribution in [2.75, 3.05) is 0 Å². The lowest BCUT2D eigenvalue weighted by Crippen LogP contribution is -2.47. The van der Waals surface area contributed by atoms with Crippen molar-refractivity contribution >= 4 is 15.7 Å². The quantitative estimate of drug-likeness (QED) is 0.881. The Kier molecular flexibility index (Phi) is 4.65. The molecule has 8 heteroatoms. The molecule has 0 unspecified atom stereocenters. The van der Waals surface area contributed by atoms with Crippen LogP contribution < -0.4 is 5.32 Å². The summed E-state index contributed by atoms with van der Waals surface area (Å²) in [5, 5.41) is 8.69. The molecular weight excluding hydrogens is 292 g/mol. The normalized spacial score (nSPS) is 24.5. The Hall–Kier alpha value is -1.44. The number of carbonyl (C=O) groups excluding carboxylic acids is 1. The highest BCUT2D eigenvalue weighted by Crippen LogP contribution is 2.24. The predicted molar refractivity (Wildman–Crippen MR) is 77.2 cm³/mol. The van der Waals surface area contributed by atoms with Crippen molar-refractivity contribution in [3.8, 4) is 0 Å². The minimum Gasteiger partial charge on any atom is -0.352 e. The fourth-order valence-electron chi connectivity index (χ4n) is 2.66. The van der Waals surface area contributed by atoms with Gasteiger partial charge >= 0.3 is 0 Å². The van der Waals surface area contributed by atoms with Crippen LogP contribution in [0.15, 0.2) is 11.5 Å². The number of sulfone groups is 1. The molecule has 0 aliphatic heterocycles. The number of amides is 1. The van der Waals surface area contributed by atoms with Gasteiger partial charge in [-0.15, -0.1) is 10.2 Å². The van der Waals surface area contributed by atoms with Gasteiger partial charge in [0.25, 0.3) is 0 Å². The molecule has 0 radical (unpaired) electrons. The molecule has 1 amide bonds. The lowest BCUT2D eigenvalue weighted by Gasteiger charge is -2.30. The topological polar surface area (TPSA) is 93.9 Å². The van der Waals surface area contributed by atoms with Crippen LogP contribution in [0.2, 0.25) is 0 Å². The molecule has 0 spiro atoms. The third-order valence-electron chi connectivity index (χ3n) is 4.20. The molecule has 0 bridgehead atoms. The van der Waals surface area contributed by atoms with Crippen molar-refractivity contribution in [2.24, 2.45) is 13.0 Å². The zero-order valence-corrected chi connectivity index (χ0v) is 13.4. The fraction of sp³-hybridized carbons (Fsp3) is 0.769. The summed E-state index contributed by atoms with van der Waals surface area (Å²) in [5.74, 6) is -0.0795. The average molecular weight is 314 g/mol. The Bertz CT molecular complexity index is 611. The molecular formula is C13H22N4O3S. The Morgan fingerprint density at radius 2 is 2.10 bits per heavy atom. The molecule has 21 heavy (non-hydrogen) atoms. The molecule has 1 aliphatic rings. The van der Waals surface area contributed by atoms with Crippen LogP contribution in [-0.4, -0.2) is 40.4 Å². The summed E-state index contributed by atoms with van der Waals surface area (Å²) in [6, 6.07) is 0.0587. The van der Waals surface area contributed by atoms with E-state index in [1.165, 1.54) is 24.2 Å². The standard InChI is InChI=1S/C13H22N4O3S/c1-9-6-4-5-7-11(9)15-12(18)10(2)21(19,20)13-16-14-8-17(13)3/h8-11H,4-7H2,1-3H3,(H,15,18)/t9-,10-,11+/m1/s1. The van der Waals surface area contributed by atoms with E-state index in [-0.39, 0.29) is 11.2 Å². The first-order valence-electron chi connectivity index (χ1n) is 7.22. The lowest BCUT2D eigenvalue weighted by atomic mass is 9.86. The number of hydrogen-bond acceptors (Lipinski definition) is 5. The van der Waals surface area contributed by atoms with Gasteiger partial charge in [-0.05, 0) is 25.7 Å². The second kappa shape index (κ2) is 6.13. The van der Waals surface area contributed by atoms with Gasteiger partial charge in [0.05, 0.1) is 0 Å². The van der Waals surface area contributed by atoms with Gasteiger partial charge in [-0.25, -0.2) is 8.42 Å². The van der Waals surface area contributed by atoms with Gasteiger partial charge in [-0.3, -0.25) is 4.79 Å². The highest BCUT2D eigenvalue weighted by molar-refractivity contribution is 7.92. The number of nitrogens with zero attached hydrogens (tertiary/aromatic N) is 3. The first kappa shape index (κ1) is 15.9. The minimum atomic E-state index is -3.82. The summed E-state index contributed by atoms with van der Waals surface area (Å²) in [4.78, 5) is 12.3. The van der Waals surface area contributed by atoms with Gasteiger partial charge in [-0.1, -0.05) is 19.8 Å². The molecule has 118 valence electrons. The van der Waals surface area contributed by atoms with Crippen molar-refractivity contribution in [3.05, 3.63) is 6.33 Å². The van der Waals surface area contributed by atoms with Crippen LogP contribution in [0.3, 0.4) is 0 Å². The van der Waals surface area contributed by atoms with E-state index in [9.17, 15) is 13.2 Å². The maximum absolute atomic E-state index is 12.4. The number of hydrogen-bond donors (Lipinski definition) is 1. The van der Waals surface area contributed by atoms with E-state index >= 15 is 0 Å². The van der Waals surface area contributed by atoms with Crippen LogP contribution in [0.4, 0.5) is 0 Å². The molecule has 1 aromatic rings. The molecule has 0 aromatic carbocycles. The Morgan fingerprint density at radius 3 is 2.67 bits per heavy atom. The molecule has 1 fully saturated rings. The van der Waals surface area contributed by atoms with Crippen LogP contribution in [0.5, 0.6) is 0 Å². The van der Waals surface area contributed by atoms with E-state index in [2.05, 4.69) is 22.4 Å². The zero-order chi connectivity index (χ0) is 15.6. The van der Waals surface area contributed by atoms with Gasteiger partial charge in [-0.2, -0.15) is 0 Å². The maximum Gasteiger partial charge on any atom is 0.250 e. The molecule has 1 heterocycles. The highest BCUT2D eigenvalue weighted by atomic mass is 32.2. The van der Waals surface area contributed by atoms with Crippen LogP contribution in [0, 0.1) is 5.92 Å². The van der Waals surface area contributed by atoms with E-state index < -0.39 is 21.0 Å². The van der Waals surface area contributed by atoms with E-state index in [1.807, 2.05) is 0 Å². The van der Waals surface area contributed by atoms with E-state index in [1.54, 1.807) is 7.05 Å². The van der Waals surface area contributed by atoms with Crippen molar-refractivity contribution in [1.82, 2.24) is 20.1 Å². The van der Waals surface area contributed by atoms with Crippen molar-refractivity contribution in [2.45, 2.75) is 56.0 Å². The number of aryl methyl sites for hydroxylation is 1. The van der Waals surface area contributed by atoms with Gasteiger partial charge < -0.3 is 9.88 Å². The van der Waals surface area contributed by atoms with E-state index in [4.69, 9.17) is 0 Å². The summed E-state index contributed by atoms with van der Waals surface area (Å²) >= 11 is 0. The molecule has 7 nitrogen and oxygen atoms in total. The first-order valence-corrected chi connectivity index (χ1v) is 8.77. The van der Waals surface area contributed by atoms with Gasteiger partial charge in [0.1, 0.15) is 11.6 Å². The zero-order valence-electron chi connectivity index (χ0n) is 12.6. The monoisotopic (exact) mass is 314 g/mol. The minimum absolute atomic E-state index is 0.0587. The molecule has 1 N–H and O–H groups in total. The van der Waals surface area contributed by atoms with E-state index in [0.717, 1.165) is 19.3 Å². The third kappa shape index (κ3) is 3.25. The highest BCUT2D eigenvalue weighted by Gasteiger charge is 2.35. The van der Waals surface area contributed by atoms with Gasteiger partial charge in [0.15, 0.2) is 0 Å². The van der Waals surface area contributed by atoms with Gasteiger partial charge in [0, 0.05) is 13.1 Å². The van der Waals surface area contributed by atoms with Crippen molar-refractivity contribution < 1.29 is 13.2 Å². The van der Waals surface area contributed by atoms with Crippen LogP contribution in [0.1, 0.15) is 39.5 Å². The summed E-state index contributed by atoms with van der Waals surface area (Å²) in [6.45, 7) is 3.48. The van der Waals surface area contributed by atoms with Crippen LogP contribution in [-0.2, 0) is 21.7 Å². The fourth-order valence-corrected chi connectivity index (χ4v) is 3.94. The molecule has 0 saturated heterocycles. The lowest BCUT2D eigenvalue weighted by molar-refractivity contribution is -0.121. The number of aromatic nitrogens is 3. The summed E-state index contributed by atoms with van der Waals surface area (Å²) in [5.41, 5.74) is 0. The predicted octanol–water partition coefficient (Wildman–Crippen LogP) is 0.672. The average Bonchev–Trinajstić information content (AvgIpc) is 2.87. The Balaban J connectivity index is 2.10. The first-order chi connectivity index (χ1) is 9.84. The SMILES string of the molecule is C[C@@H]1CCCC[C@@H]1NC(=O)[C@@H](C)S(=O)(=O)c1nncn1C. The Labute approximate surface area is 125 Å². The smallest absolute Gasteiger partial charge is 0.250 e. The second-order valence-electron chi connectivity index (χ2n) is 5.79. The second-order valence-corrected chi connectivity index (χ2v) is 7.95. The maximum atomic E-state index is 12.4. The molecule has 3 atom stereocenters. The molecule has 1 aliphatic carbocycles. The molecule has 2 rings (SSSR count). The molecule has 1 saturated carbocycles. The van der Waals surface area contributed by atoms with Crippen LogP contribution in [0.25, 0.3) is 0 Å². The number of nitrogens with one attached hydrogen (secondary N) is 1. The van der Waals surface area contributed by atoms with Crippen molar-refractivity contribution in [1.29, 1.82) is 0 Å². The summed E-state index contributed by atoms with van der Waals surface area (Å²) in [6.07, 6.45) is 5.51. The van der Waals surface area contributed by atoms with E-state index in [0.29, 0.717) is 5.92 Å². The number of rotatable bonds is 4. The summed E-state index contributed by atoms with van der Waals surface area (Å²) < 4.78 is 26.1. The van der Waals surface area contributed by atoms with Gasteiger partial charge in [0.2, 0.25) is 20.9 Å². The van der Waals surface area contributed by atoms with Crippen LogP contribution >= 0.6 is 0 Å².